The Hall–Kier alpha value is -2.45. The molecule has 0 bridgehead atoms. The van der Waals surface area contributed by atoms with Gasteiger partial charge in [-0.15, -0.1) is 0 Å². The summed E-state index contributed by atoms with van der Waals surface area (Å²) >= 11 is 0. The van der Waals surface area contributed by atoms with Crippen LogP contribution < -0.4 is 10.1 Å². The van der Waals surface area contributed by atoms with Gasteiger partial charge in [-0.2, -0.15) is 0 Å². The Kier molecular flexibility index (Phi) is 6.34. The minimum absolute atomic E-state index is 0.0268. The molecule has 1 atom stereocenters. The summed E-state index contributed by atoms with van der Waals surface area (Å²) in [6.07, 6.45) is 4.36. The molecule has 1 N–H and O–H groups in total. The molecule has 2 aliphatic rings. The first kappa shape index (κ1) is 20.8. The largest absolute Gasteiger partial charge is 0.490 e. The van der Waals surface area contributed by atoms with Crippen LogP contribution in [0.15, 0.2) is 48.7 Å². The van der Waals surface area contributed by atoms with Gasteiger partial charge in [0.25, 0.3) is 5.91 Å². The Labute approximate surface area is 177 Å². The summed E-state index contributed by atoms with van der Waals surface area (Å²) in [7, 11) is -3.01. The summed E-state index contributed by atoms with van der Waals surface area (Å²) in [6.45, 7) is 2.79. The highest BCUT2D eigenvalue weighted by Gasteiger charge is 2.29. The highest BCUT2D eigenvalue weighted by molar-refractivity contribution is 7.91. The number of amides is 1. The summed E-state index contributed by atoms with van der Waals surface area (Å²) in [6, 6.07) is 12.8. The molecule has 4 rings (SSSR count). The predicted octanol–water partition coefficient (Wildman–Crippen LogP) is 2.04. The second-order valence-electron chi connectivity index (χ2n) is 8.01. The molecular weight excluding hydrogens is 402 g/mol. The number of carbonyl (C=O) groups is 1. The van der Waals surface area contributed by atoms with Crippen LogP contribution in [0, 0.1) is 0 Å². The van der Waals surface area contributed by atoms with E-state index in [4.69, 9.17) is 4.74 Å². The monoisotopic (exact) mass is 429 g/mol. The summed E-state index contributed by atoms with van der Waals surface area (Å²) in [4.78, 5) is 19.1. The molecule has 3 heterocycles. The first-order chi connectivity index (χ1) is 14.5. The maximum Gasteiger partial charge on any atom is 0.251 e. The van der Waals surface area contributed by atoms with Crippen LogP contribution in [-0.4, -0.2) is 60.9 Å². The Morgan fingerprint density at radius 2 is 1.87 bits per heavy atom. The van der Waals surface area contributed by atoms with Crippen molar-refractivity contribution in [1.29, 1.82) is 0 Å². The first-order valence-electron chi connectivity index (χ1n) is 10.4. The Morgan fingerprint density at radius 1 is 1.10 bits per heavy atom. The van der Waals surface area contributed by atoms with E-state index in [0.29, 0.717) is 12.0 Å². The van der Waals surface area contributed by atoms with Gasteiger partial charge in [0.05, 0.1) is 17.2 Å². The lowest BCUT2D eigenvalue weighted by atomic mass is 10.1. The Morgan fingerprint density at radius 3 is 2.50 bits per heavy atom. The lowest BCUT2D eigenvalue weighted by Gasteiger charge is -2.31. The van der Waals surface area contributed by atoms with Crippen LogP contribution in [0.25, 0.3) is 0 Å². The average molecular weight is 430 g/mol. The summed E-state index contributed by atoms with van der Waals surface area (Å²) in [5.74, 6) is 0.675. The van der Waals surface area contributed by atoms with E-state index >= 15 is 0 Å². The molecule has 1 aromatic carbocycles. The number of likely N-dealkylation sites (tertiary alicyclic amines) is 1. The molecule has 1 amide bonds. The molecule has 0 unspecified atom stereocenters. The second-order valence-corrected chi connectivity index (χ2v) is 10.2. The topological polar surface area (TPSA) is 88.6 Å². The van der Waals surface area contributed by atoms with E-state index in [-0.39, 0.29) is 29.6 Å². The fourth-order valence-electron chi connectivity index (χ4n) is 3.96. The zero-order valence-corrected chi connectivity index (χ0v) is 17.7. The van der Waals surface area contributed by atoms with Gasteiger partial charge in [-0.05, 0) is 55.7 Å². The normalized spacial score (nSPS) is 21.9. The van der Waals surface area contributed by atoms with Crippen molar-refractivity contribution < 1.29 is 17.9 Å². The van der Waals surface area contributed by atoms with E-state index < -0.39 is 9.84 Å². The van der Waals surface area contributed by atoms with Crippen molar-refractivity contribution in [3.05, 3.63) is 59.9 Å². The fourth-order valence-corrected chi connectivity index (χ4v) is 5.63. The number of carbonyl (C=O) groups excluding carboxylic acids is 1. The molecular formula is C22H27N3O4S. The van der Waals surface area contributed by atoms with Gasteiger partial charge in [-0.25, -0.2) is 8.42 Å². The van der Waals surface area contributed by atoms with Crippen molar-refractivity contribution >= 4 is 15.7 Å². The zero-order chi connectivity index (χ0) is 21.0. The fraction of sp³-hybridized carbons (Fsp3) is 0.455. The first-order valence-corrected chi connectivity index (χ1v) is 12.2. The van der Waals surface area contributed by atoms with Gasteiger partial charge < -0.3 is 10.1 Å². The minimum Gasteiger partial charge on any atom is -0.490 e. The van der Waals surface area contributed by atoms with Crippen LogP contribution in [0.3, 0.4) is 0 Å². The molecule has 0 spiro atoms. The molecule has 0 radical (unpaired) electrons. The third-order valence-electron chi connectivity index (χ3n) is 5.63. The number of ether oxygens (including phenoxy) is 1. The average Bonchev–Trinajstić information content (AvgIpc) is 3.09. The van der Waals surface area contributed by atoms with Crippen LogP contribution in [0.5, 0.6) is 5.75 Å². The SMILES string of the molecule is O=C(N[C@@H]1CCS(=O)(=O)C1)c1ccc(OC2CCN(Cc3ccccn3)CC2)cc1. The predicted molar refractivity (Wildman–Crippen MR) is 114 cm³/mol. The van der Waals surface area contributed by atoms with Gasteiger partial charge in [0.1, 0.15) is 11.9 Å². The zero-order valence-electron chi connectivity index (χ0n) is 16.9. The van der Waals surface area contributed by atoms with Crippen molar-refractivity contribution in [2.24, 2.45) is 0 Å². The van der Waals surface area contributed by atoms with Gasteiger partial charge in [0, 0.05) is 37.4 Å². The number of nitrogens with zero attached hydrogens (tertiary/aromatic N) is 2. The third-order valence-corrected chi connectivity index (χ3v) is 7.40. The third kappa shape index (κ3) is 5.58. The van der Waals surface area contributed by atoms with Crippen LogP contribution in [0.4, 0.5) is 0 Å². The van der Waals surface area contributed by atoms with Gasteiger partial charge in [-0.3, -0.25) is 14.7 Å². The van der Waals surface area contributed by atoms with Crippen LogP contribution in [0.2, 0.25) is 0 Å². The number of benzene rings is 1. The number of pyridine rings is 1. The highest BCUT2D eigenvalue weighted by atomic mass is 32.2. The molecule has 2 aliphatic heterocycles. The minimum atomic E-state index is -3.01. The van der Waals surface area contributed by atoms with E-state index in [9.17, 15) is 13.2 Å². The number of hydrogen-bond acceptors (Lipinski definition) is 6. The molecule has 7 nitrogen and oxygen atoms in total. The standard InChI is InChI=1S/C22H27N3O4S/c26-22(24-19-10-14-30(27,28)16-19)17-4-6-20(7-5-17)29-21-8-12-25(13-9-21)15-18-3-1-2-11-23-18/h1-7,11,19,21H,8-10,12-16H2,(H,24,26)/t19-/m1/s1. The molecule has 2 fully saturated rings. The summed E-state index contributed by atoms with van der Waals surface area (Å²) < 4.78 is 29.2. The van der Waals surface area contributed by atoms with E-state index in [1.165, 1.54) is 0 Å². The molecule has 1 aromatic heterocycles. The molecule has 8 heteroatoms. The van der Waals surface area contributed by atoms with Crippen molar-refractivity contribution in [1.82, 2.24) is 15.2 Å². The number of aromatic nitrogens is 1. The van der Waals surface area contributed by atoms with Crippen molar-refractivity contribution in [3.8, 4) is 5.75 Å². The van der Waals surface area contributed by atoms with Gasteiger partial charge >= 0.3 is 0 Å². The number of nitrogens with one attached hydrogen (secondary N) is 1. The molecule has 0 saturated carbocycles. The molecule has 30 heavy (non-hydrogen) atoms. The lowest BCUT2D eigenvalue weighted by molar-refractivity contribution is 0.0938. The van der Waals surface area contributed by atoms with Crippen molar-refractivity contribution in [3.63, 3.8) is 0 Å². The molecule has 2 saturated heterocycles. The Balaban J connectivity index is 1.23. The summed E-state index contributed by atoms with van der Waals surface area (Å²) in [5.41, 5.74) is 1.60. The highest BCUT2D eigenvalue weighted by Crippen LogP contribution is 2.21. The van der Waals surface area contributed by atoms with Crippen LogP contribution >= 0.6 is 0 Å². The quantitative estimate of drug-likeness (QED) is 0.756. The van der Waals surface area contributed by atoms with E-state index in [0.717, 1.165) is 43.9 Å². The van der Waals surface area contributed by atoms with Gasteiger partial charge in [-0.1, -0.05) is 6.07 Å². The van der Waals surface area contributed by atoms with E-state index in [1.807, 2.05) is 24.4 Å². The number of piperidine rings is 1. The second kappa shape index (κ2) is 9.14. The molecule has 0 aliphatic carbocycles. The van der Waals surface area contributed by atoms with Crippen molar-refractivity contribution in [2.75, 3.05) is 24.6 Å². The van der Waals surface area contributed by atoms with E-state index in [1.54, 1.807) is 24.3 Å². The number of sulfone groups is 1. The number of rotatable bonds is 6. The maximum absolute atomic E-state index is 12.3. The van der Waals surface area contributed by atoms with Crippen LogP contribution in [-0.2, 0) is 16.4 Å². The van der Waals surface area contributed by atoms with Crippen molar-refractivity contribution in [2.45, 2.75) is 38.0 Å². The lowest BCUT2D eigenvalue weighted by Crippen LogP contribution is -2.38. The Bertz CT molecular complexity index is 956. The molecule has 160 valence electrons. The van der Waals surface area contributed by atoms with Gasteiger partial charge in [0.15, 0.2) is 9.84 Å². The molecule has 2 aromatic rings. The summed E-state index contributed by atoms with van der Waals surface area (Å²) in [5, 5.41) is 2.81. The smallest absolute Gasteiger partial charge is 0.251 e. The van der Waals surface area contributed by atoms with E-state index in [2.05, 4.69) is 15.2 Å². The van der Waals surface area contributed by atoms with Gasteiger partial charge in [0.2, 0.25) is 0 Å². The maximum atomic E-state index is 12.3. The van der Waals surface area contributed by atoms with Crippen LogP contribution in [0.1, 0.15) is 35.3 Å². The number of hydrogen-bond donors (Lipinski definition) is 1.